The van der Waals surface area contributed by atoms with Crippen molar-refractivity contribution < 1.29 is 14.2 Å². The second kappa shape index (κ2) is 11.6. The van der Waals surface area contributed by atoms with E-state index in [0.29, 0.717) is 42.2 Å². The van der Waals surface area contributed by atoms with Crippen molar-refractivity contribution in [3.05, 3.63) is 54.4 Å². The first kappa shape index (κ1) is 22.9. The van der Waals surface area contributed by atoms with E-state index in [9.17, 15) is 0 Å². The van der Waals surface area contributed by atoms with Crippen LogP contribution in [0.5, 0.6) is 17.2 Å². The predicted octanol–water partition coefficient (Wildman–Crippen LogP) is 3.01. The molecule has 3 aromatic rings. The summed E-state index contributed by atoms with van der Waals surface area (Å²) >= 11 is 0. The Morgan fingerprint density at radius 3 is 2.47 bits per heavy atom. The zero-order valence-corrected chi connectivity index (χ0v) is 18.9. The number of nitrogens with zero attached hydrogens (tertiary/aromatic N) is 3. The van der Waals surface area contributed by atoms with Gasteiger partial charge in [0, 0.05) is 12.1 Å². The second-order valence-electron chi connectivity index (χ2n) is 6.99. The third-order valence-corrected chi connectivity index (χ3v) is 4.57. The highest BCUT2D eigenvalue weighted by Crippen LogP contribution is 2.26. The summed E-state index contributed by atoms with van der Waals surface area (Å²) in [5, 5.41) is 13.8. The molecule has 9 nitrogen and oxygen atoms in total. The molecule has 3 rings (SSSR count). The summed E-state index contributed by atoms with van der Waals surface area (Å²) in [7, 11) is 3.27. The summed E-state index contributed by atoms with van der Waals surface area (Å²) in [4.78, 5) is 9.12. The van der Waals surface area contributed by atoms with E-state index in [1.165, 1.54) is 0 Å². The number of hydrogen-bond acceptors (Lipinski definition) is 6. The van der Waals surface area contributed by atoms with Crippen molar-refractivity contribution in [2.45, 2.75) is 26.5 Å². The number of methoxy groups -OCH3 is 2. The fourth-order valence-corrected chi connectivity index (χ4v) is 2.95. The summed E-state index contributed by atoms with van der Waals surface area (Å²) in [6, 6.07) is 15.2. The zero-order valence-electron chi connectivity index (χ0n) is 18.9. The Morgan fingerprint density at radius 2 is 1.78 bits per heavy atom. The molecule has 0 spiro atoms. The van der Waals surface area contributed by atoms with E-state index in [1.54, 1.807) is 14.2 Å². The first-order valence-electron chi connectivity index (χ1n) is 10.5. The second-order valence-corrected chi connectivity index (χ2v) is 6.99. The van der Waals surface area contributed by atoms with Crippen LogP contribution in [0.2, 0.25) is 0 Å². The number of H-pyrrole nitrogens is 1. The minimum absolute atomic E-state index is 0.0953. The molecule has 1 aromatic heterocycles. The van der Waals surface area contributed by atoms with Crippen LogP contribution in [0.25, 0.3) is 11.4 Å². The predicted molar refractivity (Wildman–Crippen MR) is 124 cm³/mol. The molecular weight excluding hydrogens is 408 g/mol. The Bertz CT molecular complexity index is 1000. The number of rotatable bonds is 10. The molecule has 0 saturated carbocycles. The average Bonchev–Trinajstić information content (AvgIpc) is 3.30. The number of nitrogens with one attached hydrogen (secondary N) is 3. The maximum atomic E-state index is 5.99. The molecule has 170 valence electrons. The lowest BCUT2D eigenvalue weighted by Crippen LogP contribution is -2.41. The lowest BCUT2D eigenvalue weighted by atomic mass is 10.2. The zero-order chi connectivity index (χ0) is 22.8. The summed E-state index contributed by atoms with van der Waals surface area (Å²) in [5.74, 6) is 4.17. The lowest BCUT2D eigenvalue weighted by Gasteiger charge is -2.18. The van der Waals surface area contributed by atoms with Gasteiger partial charge in [-0.1, -0.05) is 12.1 Å². The molecule has 0 aliphatic rings. The van der Waals surface area contributed by atoms with Crippen LogP contribution in [0.4, 0.5) is 0 Å². The molecule has 0 bridgehead atoms. The van der Waals surface area contributed by atoms with E-state index >= 15 is 0 Å². The molecule has 1 heterocycles. The van der Waals surface area contributed by atoms with Gasteiger partial charge in [-0.3, -0.25) is 5.10 Å². The third-order valence-electron chi connectivity index (χ3n) is 4.57. The molecule has 0 radical (unpaired) electrons. The van der Waals surface area contributed by atoms with Gasteiger partial charge in [0.25, 0.3) is 0 Å². The van der Waals surface area contributed by atoms with Gasteiger partial charge in [-0.25, -0.2) is 9.98 Å². The molecule has 2 aromatic carbocycles. The first-order valence-corrected chi connectivity index (χ1v) is 10.5. The smallest absolute Gasteiger partial charge is 0.191 e. The summed E-state index contributed by atoms with van der Waals surface area (Å²) in [6.07, 6.45) is -0.0953. The van der Waals surface area contributed by atoms with Gasteiger partial charge in [-0.2, -0.15) is 5.10 Å². The first-order chi connectivity index (χ1) is 15.6. The maximum absolute atomic E-state index is 5.99. The van der Waals surface area contributed by atoms with E-state index in [-0.39, 0.29) is 6.10 Å². The van der Waals surface area contributed by atoms with Crippen LogP contribution in [0.1, 0.15) is 19.7 Å². The Labute approximate surface area is 188 Å². The quantitative estimate of drug-likeness (QED) is 0.330. The topological polar surface area (TPSA) is 106 Å². The molecule has 0 amide bonds. The largest absolute Gasteiger partial charge is 0.497 e. The van der Waals surface area contributed by atoms with E-state index in [1.807, 2.05) is 62.4 Å². The Kier molecular flexibility index (Phi) is 8.30. The van der Waals surface area contributed by atoms with Crippen molar-refractivity contribution >= 4 is 5.96 Å². The van der Waals surface area contributed by atoms with E-state index in [4.69, 9.17) is 14.2 Å². The normalized spacial score (nSPS) is 12.2. The number of aromatic nitrogens is 3. The highest BCUT2D eigenvalue weighted by Gasteiger charge is 2.10. The SMILES string of the molecule is CCNC(=NCc1nc(-c2ccc(OC)cc2)n[nH]1)NCC(C)Oc1ccccc1OC. The molecule has 1 unspecified atom stereocenters. The monoisotopic (exact) mass is 438 g/mol. The van der Waals surface area contributed by atoms with E-state index in [0.717, 1.165) is 17.9 Å². The molecule has 0 aliphatic carbocycles. The number of aromatic amines is 1. The molecule has 32 heavy (non-hydrogen) atoms. The van der Waals surface area contributed by atoms with Crippen molar-refractivity contribution in [2.75, 3.05) is 27.3 Å². The van der Waals surface area contributed by atoms with Gasteiger partial charge in [0.1, 0.15) is 24.2 Å². The van der Waals surface area contributed by atoms with Crippen molar-refractivity contribution in [3.8, 4) is 28.6 Å². The van der Waals surface area contributed by atoms with Crippen LogP contribution < -0.4 is 24.8 Å². The summed E-state index contributed by atoms with van der Waals surface area (Å²) in [5.41, 5.74) is 0.907. The van der Waals surface area contributed by atoms with Gasteiger partial charge in [0.05, 0.1) is 20.8 Å². The van der Waals surface area contributed by atoms with Crippen LogP contribution in [-0.4, -0.2) is 54.6 Å². The average molecular weight is 439 g/mol. The maximum Gasteiger partial charge on any atom is 0.191 e. The van der Waals surface area contributed by atoms with Gasteiger partial charge in [-0.15, -0.1) is 0 Å². The summed E-state index contributed by atoms with van der Waals surface area (Å²) < 4.78 is 16.5. The van der Waals surface area contributed by atoms with Crippen LogP contribution in [0.3, 0.4) is 0 Å². The minimum Gasteiger partial charge on any atom is -0.497 e. The Hall–Kier alpha value is -3.75. The number of ether oxygens (including phenoxy) is 3. The van der Waals surface area contributed by atoms with Crippen LogP contribution in [0, 0.1) is 0 Å². The number of aliphatic imine (C=N–C) groups is 1. The lowest BCUT2D eigenvalue weighted by molar-refractivity contribution is 0.213. The molecule has 0 saturated heterocycles. The van der Waals surface area contributed by atoms with Gasteiger partial charge in [0.2, 0.25) is 0 Å². The minimum atomic E-state index is -0.0953. The number of para-hydroxylation sites is 2. The molecular formula is C23H30N6O3. The van der Waals surface area contributed by atoms with Crippen molar-refractivity contribution in [3.63, 3.8) is 0 Å². The van der Waals surface area contributed by atoms with Crippen molar-refractivity contribution in [1.82, 2.24) is 25.8 Å². The number of benzene rings is 2. The third kappa shape index (κ3) is 6.37. The molecule has 3 N–H and O–H groups in total. The van der Waals surface area contributed by atoms with Crippen molar-refractivity contribution in [1.29, 1.82) is 0 Å². The van der Waals surface area contributed by atoms with Crippen molar-refractivity contribution in [2.24, 2.45) is 4.99 Å². The van der Waals surface area contributed by atoms with E-state index in [2.05, 4.69) is 30.8 Å². The molecule has 1 atom stereocenters. The van der Waals surface area contributed by atoms with E-state index < -0.39 is 0 Å². The number of guanidine groups is 1. The van der Waals surface area contributed by atoms with Gasteiger partial charge >= 0.3 is 0 Å². The van der Waals surface area contributed by atoms with Crippen LogP contribution in [-0.2, 0) is 6.54 Å². The fraction of sp³-hybridized carbons (Fsp3) is 0.348. The molecule has 9 heteroatoms. The van der Waals surface area contributed by atoms with Crippen LogP contribution in [0.15, 0.2) is 53.5 Å². The van der Waals surface area contributed by atoms with Crippen LogP contribution >= 0.6 is 0 Å². The molecule has 0 fully saturated rings. The summed E-state index contributed by atoms with van der Waals surface area (Å²) in [6.45, 7) is 5.67. The number of hydrogen-bond donors (Lipinski definition) is 3. The fourth-order valence-electron chi connectivity index (χ4n) is 2.95. The molecule has 0 aliphatic heterocycles. The highest BCUT2D eigenvalue weighted by molar-refractivity contribution is 5.79. The highest BCUT2D eigenvalue weighted by atomic mass is 16.5. The van der Waals surface area contributed by atoms with Gasteiger partial charge in [0.15, 0.2) is 23.3 Å². The standard InChI is InChI=1S/C23H30N6O3/c1-5-24-23(25-14-16(2)32-20-9-7-6-8-19(20)31-4)26-15-21-27-22(29-28-21)17-10-12-18(30-3)13-11-17/h6-13,16H,5,14-15H2,1-4H3,(H2,24,25,26)(H,27,28,29). The van der Waals surface area contributed by atoms with Gasteiger partial charge < -0.3 is 24.8 Å². The Morgan fingerprint density at radius 1 is 1.03 bits per heavy atom. The van der Waals surface area contributed by atoms with Gasteiger partial charge in [-0.05, 0) is 50.2 Å². The Balaban J connectivity index is 1.57.